The predicted octanol–water partition coefficient (Wildman–Crippen LogP) is 9.39. The summed E-state index contributed by atoms with van der Waals surface area (Å²) in [6.07, 6.45) is 0.511. The SMILES string of the molecule is CC(C)(C)C1CC=C(c2ccc(N(Cc3ccc(C(=O)NCC(F)(F)C(=O)O)cc3)C(=O)Nc3cc(Br)cc(C(F)(F)F)c3)cc2)CC1. The van der Waals surface area contributed by atoms with Crippen LogP contribution in [0, 0.1) is 11.3 Å². The summed E-state index contributed by atoms with van der Waals surface area (Å²) in [5.74, 6) is -6.87. The van der Waals surface area contributed by atoms with Crippen molar-refractivity contribution in [2.75, 3.05) is 16.8 Å². The molecule has 0 bridgehead atoms. The Hall–Kier alpha value is -4.26. The largest absolute Gasteiger partial charge is 0.477 e. The molecule has 0 spiro atoms. The van der Waals surface area contributed by atoms with Gasteiger partial charge in [0, 0.05) is 21.4 Å². The van der Waals surface area contributed by atoms with E-state index in [2.05, 4.69) is 48.1 Å². The first-order valence-corrected chi connectivity index (χ1v) is 15.9. The Labute approximate surface area is 283 Å². The van der Waals surface area contributed by atoms with E-state index in [1.807, 2.05) is 17.4 Å². The Bertz CT molecular complexity index is 1680. The maximum Gasteiger partial charge on any atom is 0.416 e. The van der Waals surface area contributed by atoms with Gasteiger partial charge in [0.1, 0.15) is 0 Å². The van der Waals surface area contributed by atoms with Crippen molar-refractivity contribution in [3.63, 3.8) is 0 Å². The summed E-state index contributed by atoms with van der Waals surface area (Å²) >= 11 is 3.07. The summed E-state index contributed by atoms with van der Waals surface area (Å²) in [7, 11) is 0. The second-order valence-electron chi connectivity index (χ2n) is 12.7. The first-order valence-electron chi connectivity index (χ1n) is 15.1. The molecule has 3 aromatic carbocycles. The molecule has 1 aliphatic carbocycles. The molecule has 0 fully saturated rings. The molecule has 256 valence electrons. The minimum Gasteiger partial charge on any atom is -0.477 e. The molecule has 0 aromatic heterocycles. The zero-order chi connectivity index (χ0) is 35.4. The molecule has 7 nitrogen and oxygen atoms in total. The fraction of sp³-hybridized carbons (Fsp3) is 0.343. The lowest BCUT2D eigenvalue weighted by molar-refractivity contribution is -0.163. The summed E-state index contributed by atoms with van der Waals surface area (Å²) in [5.41, 5.74) is 2.29. The van der Waals surface area contributed by atoms with Crippen molar-refractivity contribution in [1.82, 2.24) is 5.32 Å². The number of halogens is 6. The lowest BCUT2D eigenvalue weighted by Crippen LogP contribution is -2.42. The quantitative estimate of drug-likeness (QED) is 0.191. The molecule has 0 heterocycles. The topological polar surface area (TPSA) is 98.7 Å². The molecule has 0 saturated heterocycles. The van der Waals surface area contributed by atoms with Crippen molar-refractivity contribution in [1.29, 1.82) is 0 Å². The first-order chi connectivity index (χ1) is 22.3. The first kappa shape index (κ1) is 36.6. The normalized spacial score (nSPS) is 15.4. The van der Waals surface area contributed by atoms with Crippen LogP contribution in [0.3, 0.4) is 0 Å². The summed E-state index contributed by atoms with van der Waals surface area (Å²) in [4.78, 5) is 37.9. The summed E-state index contributed by atoms with van der Waals surface area (Å²) in [5, 5.41) is 13.0. The predicted molar refractivity (Wildman–Crippen MR) is 177 cm³/mol. The van der Waals surface area contributed by atoms with Crippen LogP contribution < -0.4 is 15.5 Å². The Balaban J connectivity index is 1.58. The molecule has 1 atom stereocenters. The number of urea groups is 1. The zero-order valence-electron chi connectivity index (χ0n) is 26.4. The minimum absolute atomic E-state index is 0.0245. The smallest absolute Gasteiger partial charge is 0.416 e. The fourth-order valence-electron chi connectivity index (χ4n) is 5.35. The molecular formula is C35H35BrF5N3O4. The van der Waals surface area contributed by atoms with Gasteiger partial charge in [0.2, 0.25) is 0 Å². The molecule has 3 amide bonds. The molecule has 3 aromatic rings. The highest BCUT2D eigenvalue weighted by Gasteiger charge is 2.39. The van der Waals surface area contributed by atoms with Crippen LogP contribution in [-0.2, 0) is 17.5 Å². The Morgan fingerprint density at radius 2 is 1.58 bits per heavy atom. The number of anilines is 2. The third kappa shape index (κ3) is 9.42. The average molecular weight is 737 g/mol. The van der Waals surface area contributed by atoms with E-state index in [1.54, 1.807) is 12.1 Å². The van der Waals surface area contributed by atoms with Crippen LogP contribution in [0.5, 0.6) is 0 Å². The van der Waals surface area contributed by atoms with E-state index in [0.29, 0.717) is 17.2 Å². The number of hydrogen-bond acceptors (Lipinski definition) is 3. The number of nitrogens with zero attached hydrogens (tertiary/aromatic N) is 1. The summed E-state index contributed by atoms with van der Waals surface area (Å²) < 4.78 is 67.3. The maximum absolute atomic E-state index is 13.6. The van der Waals surface area contributed by atoms with Gasteiger partial charge in [0.15, 0.2) is 0 Å². The molecule has 0 aliphatic heterocycles. The highest BCUT2D eigenvalue weighted by Crippen LogP contribution is 2.40. The number of rotatable bonds is 9. The van der Waals surface area contributed by atoms with E-state index >= 15 is 0 Å². The van der Waals surface area contributed by atoms with Crippen LogP contribution in [0.2, 0.25) is 0 Å². The van der Waals surface area contributed by atoms with E-state index in [9.17, 15) is 36.3 Å². The van der Waals surface area contributed by atoms with Crippen molar-refractivity contribution in [2.24, 2.45) is 11.3 Å². The number of carbonyl (C=O) groups excluding carboxylic acids is 2. The van der Waals surface area contributed by atoms with Crippen molar-refractivity contribution in [2.45, 2.75) is 58.7 Å². The van der Waals surface area contributed by atoms with Gasteiger partial charge in [0.05, 0.1) is 18.7 Å². The van der Waals surface area contributed by atoms with Gasteiger partial charge in [-0.3, -0.25) is 9.69 Å². The van der Waals surface area contributed by atoms with Crippen LogP contribution in [0.15, 0.2) is 77.3 Å². The van der Waals surface area contributed by atoms with Gasteiger partial charge in [0.25, 0.3) is 5.91 Å². The zero-order valence-corrected chi connectivity index (χ0v) is 28.0. The number of hydrogen-bond donors (Lipinski definition) is 3. The molecule has 13 heteroatoms. The van der Waals surface area contributed by atoms with E-state index < -0.39 is 42.1 Å². The highest BCUT2D eigenvalue weighted by molar-refractivity contribution is 9.10. The van der Waals surface area contributed by atoms with Crippen LogP contribution in [0.1, 0.15) is 67.1 Å². The number of alkyl halides is 5. The van der Waals surface area contributed by atoms with Crippen LogP contribution in [0.25, 0.3) is 5.57 Å². The van der Waals surface area contributed by atoms with Crippen molar-refractivity contribution < 1.29 is 41.4 Å². The van der Waals surface area contributed by atoms with E-state index in [4.69, 9.17) is 5.11 Å². The highest BCUT2D eigenvalue weighted by atomic mass is 79.9. The summed E-state index contributed by atoms with van der Waals surface area (Å²) in [6.45, 7) is 5.23. The average Bonchev–Trinajstić information content (AvgIpc) is 3.02. The van der Waals surface area contributed by atoms with Crippen molar-refractivity contribution in [3.8, 4) is 0 Å². The Morgan fingerprint density at radius 1 is 0.938 bits per heavy atom. The minimum atomic E-state index is -4.64. The molecule has 0 radical (unpaired) electrons. The van der Waals surface area contributed by atoms with Crippen LogP contribution >= 0.6 is 15.9 Å². The second kappa shape index (κ2) is 14.5. The number of carboxylic acid groups (broad SMARTS) is 1. The van der Waals surface area contributed by atoms with Gasteiger partial charge in [-0.2, -0.15) is 22.0 Å². The standard InChI is InChI=1S/C35H35BrF5N3O4/c1-33(2,3)25-12-8-22(9-13-25)23-10-14-29(15-11-23)44(32(48)43-28-17-26(35(39,40)41)16-27(36)18-28)19-21-4-6-24(7-5-21)30(45)42-20-34(37,38)31(46)47/h4-8,10-11,14-18,25H,9,12-13,19-20H2,1-3H3,(H,42,45)(H,43,48)(H,46,47). The third-order valence-electron chi connectivity index (χ3n) is 8.25. The number of allylic oxidation sites excluding steroid dienone is 2. The van der Waals surface area contributed by atoms with Crippen molar-refractivity contribution >= 4 is 50.8 Å². The van der Waals surface area contributed by atoms with Crippen LogP contribution in [-0.4, -0.2) is 35.5 Å². The number of carboxylic acids is 1. The van der Waals surface area contributed by atoms with E-state index in [1.165, 1.54) is 40.8 Å². The van der Waals surface area contributed by atoms with Gasteiger partial charge >= 0.3 is 24.1 Å². The molecule has 4 rings (SSSR count). The van der Waals surface area contributed by atoms with Gasteiger partial charge in [-0.25, -0.2) is 9.59 Å². The number of carbonyl (C=O) groups is 3. The van der Waals surface area contributed by atoms with E-state index in [0.717, 1.165) is 37.0 Å². The molecule has 1 unspecified atom stereocenters. The van der Waals surface area contributed by atoms with E-state index in [-0.39, 0.29) is 27.7 Å². The van der Waals surface area contributed by atoms with Gasteiger partial charge in [-0.05, 0) is 89.8 Å². The maximum atomic E-state index is 13.6. The van der Waals surface area contributed by atoms with Crippen LogP contribution in [0.4, 0.5) is 38.1 Å². The number of amides is 3. The Kier molecular flexibility index (Phi) is 11.0. The molecule has 1 aliphatic rings. The Morgan fingerprint density at radius 3 is 2.12 bits per heavy atom. The van der Waals surface area contributed by atoms with Crippen molar-refractivity contribution in [3.05, 3.63) is 99.5 Å². The molecule has 0 saturated carbocycles. The van der Waals surface area contributed by atoms with Gasteiger partial charge in [-0.1, -0.05) is 67.0 Å². The fourth-order valence-corrected chi connectivity index (χ4v) is 5.84. The number of nitrogens with one attached hydrogen (secondary N) is 2. The molecular weight excluding hydrogens is 701 g/mol. The third-order valence-corrected chi connectivity index (χ3v) is 8.71. The van der Waals surface area contributed by atoms with Gasteiger partial charge < -0.3 is 15.7 Å². The number of aliphatic carboxylic acids is 1. The lowest BCUT2D eigenvalue weighted by Gasteiger charge is -2.33. The second-order valence-corrected chi connectivity index (χ2v) is 13.7. The summed E-state index contributed by atoms with van der Waals surface area (Å²) in [6, 6.07) is 15.2. The molecule has 48 heavy (non-hydrogen) atoms. The lowest BCUT2D eigenvalue weighted by atomic mass is 9.72. The van der Waals surface area contributed by atoms with Gasteiger partial charge in [-0.15, -0.1) is 0 Å². The monoisotopic (exact) mass is 735 g/mol. The number of benzene rings is 3. The molecule has 3 N–H and O–H groups in total.